The first-order chi connectivity index (χ1) is 9.17. The number of ketones is 1. The first-order valence-corrected chi connectivity index (χ1v) is 8.11. The molecule has 0 saturated carbocycles. The smallest absolute Gasteiger partial charge is 0.162 e. The molecule has 0 aromatic carbocycles. The Kier molecular flexibility index (Phi) is 11.7. The first-order valence-electron chi connectivity index (χ1n) is 8.11. The van der Waals surface area contributed by atoms with Gasteiger partial charge in [0, 0.05) is 18.4 Å². The SMILES string of the molecule is CCCCCC/C(C(=O)CCCC)=C(/O)CCCC. The predicted molar refractivity (Wildman–Crippen MR) is 82.5 cm³/mol. The van der Waals surface area contributed by atoms with Gasteiger partial charge >= 0.3 is 0 Å². The molecule has 1 N–H and O–H groups in total. The van der Waals surface area contributed by atoms with Crippen LogP contribution in [-0.4, -0.2) is 10.9 Å². The molecule has 0 aromatic heterocycles. The van der Waals surface area contributed by atoms with Crippen molar-refractivity contribution in [3.63, 3.8) is 0 Å². The Morgan fingerprint density at radius 2 is 1.32 bits per heavy atom. The number of carbonyl (C=O) groups excluding carboxylic acids is 1. The molecule has 0 rings (SSSR count). The normalized spacial score (nSPS) is 12.4. The second-order valence-corrected chi connectivity index (χ2v) is 5.37. The molecule has 112 valence electrons. The molecule has 0 aliphatic carbocycles. The Balaban J connectivity index is 4.48. The topological polar surface area (TPSA) is 37.3 Å². The minimum atomic E-state index is 0.173. The van der Waals surface area contributed by atoms with E-state index in [1.165, 1.54) is 12.8 Å². The van der Waals surface area contributed by atoms with E-state index in [0.29, 0.717) is 18.6 Å². The summed E-state index contributed by atoms with van der Waals surface area (Å²) in [6.07, 6.45) is 10.6. The van der Waals surface area contributed by atoms with E-state index in [9.17, 15) is 9.90 Å². The van der Waals surface area contributed by atoms with E-state index < -0.39 is 0 Å². The van der Waals surface area contributed by atoms with Crippen LogP contribution in [-0.2, 0) is 4.79 Å². The van der Waals surface area contributed by atoms with Crippen molar-refractivity contribution in [3.05, 3.63) is 11.3 Å². The van der Waals surface area contributed by atoms with Crippen LogP contribution in [0.1, 0.15) is 91.4 Å². The second kappa shape index (κ2) is 12.3. The molecule has 0 aliphatic rings. The van der Waals surface area contributed by atoms with Gasteiger partial charge in [0.25, 0.3) is 0 Å². The van der Waals surface area contributed by atoms with Crippen LogP contribution in [0.3, 0.4) is 0 Å². The van der Waals surface area contributed by atoms with E-state index in [2.05, 4.69) is 20.8 Å². The van der Waals surface area contributed by atoms with Gasteiger partial charge in [-0.25, -0.2) is 0 Å². The molecule has 0 aromatic rings. The van der Waals surface area contributed by atoms with Crippen molar-refractivity contribution in [2.24, 2.45) is 0 Å². The second-order valence-electron chi connectivity index (χ2n) is 5.37. The molecule has 0 amide bonds. The predicted octanol–water partition coefficient (Wildman–Crippen LogP) is 5.72. The number of Topliss-reactive ketones (excluding diaryl/α,β-unsaturated/α-hetero) is 1. The highest BCUT2D eigenvalue weighted by molar-refractivity contribution is 5.95. The Morgan fingerprint density at radius 3 is 1.89 bits per heavy atom. The average Bonchev–Trinajstić information content (AvgIpc) is 2.42. The summed E-state index contributed by atoms with van der Waals surface area (Å²) in [6.45, 7) is 6.38. The summed E-state index contributed by atoms with van der Waals surface area (Å²) in [5.74, 6) is 0.534. The van der Waals surface area contributed by atoms with Crippen LogP contribution in [0.2, 0.25) is 0 Å². The van der Waals surface area contributed by atoms with Crippen LogP contribution in [0.25, 0.3) is 0 Å². The maximum atomic E-state index is 12.2. The van der Waals surface area contributed by atoms with Crippen molar-refractivity contribution in [3.8, 4) is 0 Å². The van der Waals surface area contributed by atoms with Crippen molar-refractivity contribution in [2.75, 3.05) is 0 Å². The summed E-state index contributed by atoms with van der Waals surface area (Å²) in [6, 6.07) is 0. The Labute approximate surface area is 119 Å². The van der Waals surface area contributed by atoms with E-state index in [1.54, 1.807) is 0 Å². The van der Waals surface area contributed by atoms with E-state index in [-0.39, 0.29) is 5.78 Å². The Hall–Kier alpha value is -0.790. The van der Waals surface area contributed by atoms with Crippen molar-refractivity contribution in [2.45, 2.75) is 91.4 Å². The summed E-state index contributed by atoms with van der Waals surface area (Å²) >= 11 is 0. The lowest BCUT2D eigenvalue weighted by molar-refractivity contribution is -0.116. The molecule has 0 fully saturated rings. The molecule has 0 atom stereocenters. The van der Waals surface area contributed by atoms with Gasteiger partial charge in [-0.15, -0.1) is 0 Å². The van der Waals surface area contributed by atoms with E-state index in [1.807, 2.05) is 0 Å². The van der Waals surface area contributed by atoms with E-state index >= 15 is 0 Å². The zero-order valence-corrected chi connectivity index (χ0v) is 13.1. The number of allylic oxidation sites excluding steroid dienone is 2. The summed E-state index contributed by atoms with van der Waals surface area (Å²) in [5, 5.41) is 10.1. The highest BCUT2D eigenvalue weighted by atomic mass is 16.3. The standard InChI is InChI=1S/C17H32O2/c1-4-7-10-11-12-15(16(18)13-8-5-2)17(19)14-9-6-3/h18H,4-14H2,1-3H3/b16-15-. The summed E-state index contributed by atoms with van der Waals surface area (Å²) in [4.78, 5) is 12.2. The van der Waals surface area contributed by atoms with Crippen LogP contribution in [0.4, 0.5) is 0 Å². The van der Waals surface area contributed by atoms with Gasteiger partial charge in [0.2, 0.25) is 0 Å². The number of carbonyl (C=O) groups is 1. The number of unbranched alkanes of at least 4 members (excludes halogenated alkanes) is 5. The third-order valence-corrected chi connectivity index (χ3v) is 3.49. The molecule has 0 unspecified atom stereocenters. The largest absolute Gasteiger partial charge is 0.512 e. The number of rotatable bonds is 12. The maximum Gasteiger partial charge on any atom is 0.162 e. The van der Waals surface area contributed by atoms with Crippen LogP contribution in [0, 0.1) is 0 Å². The van der Waals surface area contributed by atoms with E-state index in [4.69, 9.17) is 0 Å². The third kappa shape index (κ3) is 8.85. The minimum Gasteiger partial charge on any atom is -0.512 e. The summed E-state index contributed by atoms with van der Waals surface area (Å²) in [5.41, 5.74) is 0.720. The summed E-state index contributed by atoms with van der Waals surface area (Å²) in [7, 11) is 0. The molecule has 19 heavy (non-hydrogen) atoms. The van der Waals surface area contributed by atoms with Crippen molar-refractivity contribution < 1.29 is 9.90 Å². The number of aliphatic hydroxyl groups excluding tert-OH is 1. The first kappa shape index (κ1) is 18.2. The van der Waals surface area contributed by atoms with Gasteiger partial charge < -0.3 is 5.11 Å². The Morgan fingerprint density at radius 1 is 0.737 bits per heavy atom. The van der Waals surface area contributed by atoms with Crippen molar-refractivity contribution >= 4 is 5.78 Å². The molecular formula is C17H32O2. The highest BCUT2D eigenvalue weighted by Crippen LogP contribution is 2.20. The molecule has 2 nitrogen and oxygen atoms in total. The Bertz CT molecular complexity index is 266. The van der Waals surface area contributed by atoms with Crippen LogP contribution >= 0.6 is 0 Å². The highest BCUT2D eigenvalue weighted by Gasteiger charge is 2.14. The fourth-order valence-corrected chi connectivity index (χ4v) is 2.16. The molecule has 0 heterocycles. The molecule has 0 bridgehead atoms. The van der Waals surface area contributed by atoms with Gasteiger partial charge in [0.15, 0.2) is 5.78 Å². The van der Waals surface area contributed by atoms with Gasteiger partial charge in [0.1, 0.15) is 0 Å². The maximum absolute atomic E-state index is 12.2. The molecular weight excluding hydrogens is 236 g/mol. The number of hydrogen-bond acceptors (Lipinski definition) is 2. The van der Waals surface area contributed by atoms with Gasteiger partial charge in [-0.2, -0.15) is 0 Å². The van der Waals surface area contributed by atoms with Crippen molar-refractivity contribution in [1.29, 1.82) is 0 Å². The van der Waals surface area contributed by atoms with Crippen LogP contribution in [0.15, 0.2) is 11.3 Å². The fraction of sp³-hybridized carbons (Fsp3) is 0.824. The zero-order chi connectivity index (χ0) is 14.5. The molecule has 0 aliphatic heterocycles. The van der Waals surface area contributed by atoms with Crippen molar-refractivity contribution in [1.82, 2.24) is 0 Å². The molecule has 2 heteroatoms. The third-order valence-electron chi connectivity index (χ3n) is 3.49. The molecule has 0 saturated heterocycles. The van der Waals surface area contributed by atoms with Gasteiger partial charge in [0.05, 0.1) is 5.76 Å². The van der Waals surface area contributed by atoms with Gasteiger partial charge in [-0.1, -0.05) is 52.9 Å². The zero-order valence-electron chi connectivity index (χ0n) is 13.1. The lowest BCUT2D eigenvalue weighted by Crippen LogP contribution is -2.07. The van der Waals surface area contributed by atoms with Gasteiger partial charge in [-0.3, -0.25) is 4.79 Å². The molecule has 0 radical (unpaired) electrons. The molecule has 0 spiro atoms. The van der Waals surface area contributed by atoms with E-state index in [0.717, 1.165) is 50.5 Å². The quantitative estimate of drug-likeness (QED) is 0.279. The van der Waals surface area contributed by atoms with Gasteiger partial charge in [-0.05, 0) is 25.7 Å². The average molecular weight is 268 g/mol. The number of aliphatic hydroxyl groups is 1. The van der Waals surface area contributed by atoms with Crippen LogP contribution in [0.5, 0.6) is 0 Å². The van der Waals surface area contributed by atoms with Crippen LogP contribution < -0.4 is 0 Å². The summed E-state index contributed by atoms with van der Waals surface area (Å²) < 4.78 is 0. The fourth-order valence-electron chi connectivity index (χ4n) is 2.16. The lowest BCUT2D eigenvalue weighted by Gasteiger charge is -2.10. The monoisotopic (exact) mass is 268 g/mol. The number of hydrogen-bond donors (Lipinski definition) is 1. The minimum absolute atomic E-state index is 0.173. The lowest BCUT2D eigenvalue weighted by atomic mass is 9.97.